The second kappa shape index (κ2) is 7.84. The van der Waals surface area contributed by atoms with Crippen molar-refractivity contribution < 1.29 is 9.59 Å². The molecule has 0 unspecified atom stereocenters. The molecule has 0 radical (unpaired) electrons. The Labute approximate surface area is 194 Å². The van der Waals surface area contributed by atoms with E-state index in [1.54, 1.807) is 16.8 Å². The zero-order valence-corrected chi connectivity index (χ0v) is 18.4. The Bertz CT molecular complexity index is 1490. The average Bonchev–Trinajstić information content (AvgIpc) is 3.47. The normalized spacial score (nSPS) is 17.7. The first-order valence-electron chi connectivity index (χ1n) is 11.1. The first-order chi connectivity index (χ1) is 16.5. The Kier molecular flexibility index (Phi) is 4.65. The number of nitrogens with one attached hydrogen (secondary N) is 4. The Morgan fingerprint density at radius 1 is 1.09 bits per heavy atom. The predicted molar refractivity (Wildman–Crippen MR) is 128 cm³/mol. The lowest BCUT2D eigenvalue weighted by molar-refractivity contribution is -0.115. The van der Waals surface area contributed by atoms with E-state index in [4.69, 9.17) is 0 Å². The van der Waals surface area contributed by atoms with E-state index in [9.17, 15) is 9.59 Å². The average molecular weight is 454 g/mol. The van der Waals surface area contributed by atoms with E-state index in [1.807, 2.05) is 12.1 Å². The molecule has 2 aliphatic rings. The predicted octanol–water partition coefficient (Wildman–Crippen LogP) is 3.21. The molecule has 1 aliphatic carbocycles. The van der Waals surface area contributed by atoms with Crippen LogP contribution in [0.2, 0.25) is 0 Å². The maximum absolute atomic E-state index is 12.0. The lowest BCUT2D eigenvalue weighted by Crippen LogP contribution is -2.22. The van der Waals surface area contributed by atoms with Gasteiger partial charge in [0.1, 0.15) is 5.70 Å². The van der Waals surface area contributed by atoms with Gasteiger partial charge >= 0.3 is 6.03 Å². The standard InChI is InChI=1S/C24H22N8O2/c1-13(15-7-6-14-4-2-3-5-16(14)10-15)26-22-29-20-17(11-19-21(33)30-24(34)28-19)12-25-32(20)23(31-22)27-18-8-9-18/h2-7,10-13,18H,8-9H2,1H3,(H2,26,27,29,31)(H2,28,30,33,34)/b19-11-/t13-/m0/s1. The van der Waals surface area contributed by atoms with Crippen LogP contribution < -0.4 is 21.3 Å². The van der Waals surface area contributed by atoms with E-state index >= 15 is 0 Å². The number of aromatic nitrogens is 4. The molecule has 1 atom stereocenters. The van der Waals surface area contributed by atoms with Crippen molar-refractivity contribution in [2.75, 3.05) is 10.6 Å². The van der Waals surface area contributed by atoms with Crippen LogP contribution >= 0.6 is 0 Å². The highest BCUT2D eigenvalue weighted by Crippen LogP contribution is 2.27. The summed E-state index contributed by atoms with van der Waals surface area (Å²) in [5.74, 6) is 0.527. The zero-order chi connectivity index (χ0) is 23.2. The second-order valence-corrected chi connectivity index (χ2v) is 8.56. The van der Waals surface area contributed by atoms with Crippen molar-refractivity contribution in [2.45, 2.75) is 31.8 Å². The summed E-state index contributed by atoms with van der Waals surface area (Å²) in [4.78, 5) is 32.8. The Hall–Kier alpha value is -4.47. The fourth-order valence-electron chi connectivity index (χ4n) is 3.96. The van der Waals surface area contributed by atoms with Crippen molar-refractivity contribution in [1.82, 2.24) is 30.2 Å². The molecule has 3 amide bonds. The summed E-state index contributed by atoms with van der Waals surface area (Å²) < 4.78 is 1.62. The molecule has 1 saturated carbocycles. The van der Waals surface area contributed by atoms with Crippen LogP contribution in [-0.2, 0) is 4.79 Å². The minimum Gasteiger partial charge on any atom is -0.351 e. The van der Waals surface area contributed by atoms with Gasteiger partial charge < -0.3 is 16.0 Å². The van der Waals surface area contributed by atoms with Crippen LogP contribution in [0.1, 0.15) is 36.9 Å². The number of hydrogen-bond acceptors (Lipinski definition) is 7. The van der Waals surface area contributed by atoms with Gasteiger partial charge in [-0.2, -0.15) is 19.6 Å². The summed E-state index contributed by atoms with van der Waals surface area (Å²) in [6.07, 6.45) is 5.31. The number of carbonyl (C=O) groups is 2. The second-order valence-electron chi connectivity index (χ2n) is 8.56. The first kappa shape index (κ1) is 20.2. The molecule has 2 aromatic carbocycles. The monoisotopic (exact) mass is 454 g/mol. The largest absolute Gasteiger partial charge is 0.351 e. The number of fused-ring (bicyclic) bond motifs is 2. The summed E-state index contributed by atoms with van der Waals surface area (Å²) in [5.41, 5.74) is 2.37. The van der Waals surface area contributed by atoms with Crippen LogP contribution in [-0.4, -0.2) is 37.6 Å². The number of carbonyl (C=O) groups excluding carboxylic acids is 2. The van der Waals surface area contributed by atoms with Crippen LogP contribution in [0.3, 0.4) is 0 Å². The number of rotatable bonds is 6. The lowest BCUT2D eigenvalue weighted by Gasteiger charge is -2.16. The zero-order valence-electron chi connectivity index (χ0n) is 18.4. The molecule has 6 rings (SSSR count). The Morgan fingerprint density at radius 3 is 2.68 bits per heavy atom. The molecule has 2 fully saturated rings. The summed E-state index contributed by atoms with van der Waals surface area (Å²) in [6, 6.07) is 14.4. The third-order valence-electron chi connectivity index (χ3n) is 5.94. The van der Waals surface area contributed by atoms with Crippen molar-refractivity contribution in [3.05, 3.63) is 65.5 Å². The summed E-state index contributed by atoms with van der Waals surface area (Å²) in [7, 11) is 0. The van der Waals surface area contributed by atoms with Gasteiger partial charge in [0.25, 0.3) is 5.91 Å². The Balaban J connectivity index is 1.36. The third-order valence-corrected chi connectivity index (χ3v) is 5.94. The van der Waals surface area contributed by atoms with E-state index in [-0.39, 0.29) is 11.7 Å². The van der Waals surface area contributed by atoms with E-state index in [2.05, 4.69) is 73.6 Å². The van der Waals surface area contributed by atoms with Gasteiger partial charge in [0.2, 0.25) is 11.9 Å². The quantitative estimate of drug-likeness (QED) is 0.260. The van der Waals surface area contributed by atoms with E-state index in [0.29, 0.717) is 29.1 Å². The van der Waals surface area contributed by atoms with Crippen LogP contribution in [0.25, 0.3) is 22.5 Å². The highest BCUT2D eigenvalue weighted by atomic mass is 16.2. The molecule has 1 saturated heterocycles. The van der Waals surface area contributed by atoms with Gasteiger partial charge in [-0.05, 0) is 48.2 Å². The molecule has 4 aromatic rings. The minimum atomic E-state index is -0.551. The fourth-order valence-corrected chi connectivity index (χ4v) is 3.96. The van der Waals surface area contributed by atoms with Crippen molar-refractivity contribution in [1.29, 1.82) is 0 Å². The topological polar surface area (TPSA) is 125 Å². The Morgan fingerprint density at radius 2 is 1.91 bits per heavy atom. The number of urea groups is 1. The van der Waals surface area contributed by atoms with Gasteiger partial charge in [0, 0.05) is 11.6 Å². The molecular weight excluding hydrogens is 432 g/mol. The maximum Gasteiger partial charge on any atom is 0.326 e. The fraction of sp³-hybridized carbons (Fsp3) is 0.208. The van der Waals surface area contributed by atoms with Gasteiger partial charge in [-0.3, -0.25) is 10.1 Å². The molecule has 34 heavy (non-hydrogen) atoms. The molecule has 0 spiro atoms. The van der Waals surface area contributed by atoms with Gasteiger partial charge in [-0.25, -0.2) is 4.79 Å². The summed E-state index contributed by atoms with van der Waals surface area (Å²) in [6.45, 7) is 2.06. The number of anilines is 2. The molecule has 170 valence electrons. The molecule has 10 nitrogen and oxygen atoms in total. The van der Waals surface area contributed by atoms with E-state index < -0.39 is 11.9 Å². The first-order valence-corrected chi connectivity index (χ1v) is 11.1. The van der Waals surface area contributed by atoms with Crippen LogP contribution in [0.4, 0.5) is 16.7 Å². The molecule has 10 heteroatoms. The molecular formula is C24H22N8O2. The molecule has 2 aromatic heterocycles. The molecule has 3 heterocycles. The van der Waals surface area contributed by atoms with Gasteiger partial charge in [-0.15, -0.1) is 0 Å². The highest BCUT2D eigenvalue weighted by Gasteiger charge is 2.26. The van der Waals surface area contributed by atoms with E-state index in [0.717, 1.165) is 18.4 Å². The SMILES string of the molecule is C[C@H](Nc1nc(NC2CC2)n2ncc(/C=C3\NC(=O)NC3=O)c2n1)c1ccc2ccccc2c1. The van der Waals surface area contributed by atoms with Crippen molar-refractivity contribution in [3.8, 4) is 0 Å². The van der Waals surface area contributed by atoms with Crippen molar-refractivity contribution in [2.24, 2.45) is 0 Å². The minimum absolute atomic E-state index is 0.0505. The maximum atomic E-state index is 12.0. The van der Waals surface area contributed by atoms with Gasteiger partial charge in [-0.1, -0.05) is 36.4 Å². The van der Waals surface area contributed by atoms with Crippen LogP contribution in [0, 0.1) is 0 Å². The lowest BCUT2D eigenvalue weighted by atomic mass is 10.0. The van der Waals surface area contributed by atoms with E-state index in [1.165, 1.54) is 10.8 Å². The summed E-state index contributed by atoms with van der Waals surface area (Å²) in [5, 5.41) is 18.3. The summed E-state index contributed by atoms with van der Waals surface area (Å²) >= 11 is 0. The molecule has 4 N–H and O–H groups in total. The number of nitrogens with zero attached hydrogens (tertiary/aromatic N) is 4. The van der Waals surface area contributed by atoms with Crippen molar-refractivity contribution in [3.63, 3.8) is 0 Å². The van der Waals surface area contributed by atoms with Gasteiger partial charge in [0.05, 0.1) is 12.2 Å². The van der Waals surface area contributed by atoms with Gasteiger partial charge in [0.15, 0.2) is 5.65 Å². The number of hydrogen-bond donors (Lipinski definition) is 4. The molecule has 1 aliphatic heterocycles. The molecule has 0 bridgehead atoms. The number of amides is 3. The number of imide groups is 1. The third kappa shape index (κ3) is 3.79. The highest BCUT2D eigenvalue weighted by molar-refractivity contribution is 6.14. The van der Waals surface area contributed by atoms with Crippen molar-refractivity contribution >= 4 is 46.3 Å². The smallest absolute Gasteiger partial charge is 0.326 e. The number of benzene rings is 2. The van der Waals surface area contributed by atoms with Crippen LogP contribution in [0.15, 0.2) is 54.4 Å². The van der Waals surface area contributed by atoms with Crippen LogP contribution in [0.5, 0.6) is 0 Å².